The minimum Gasteiger partial charge on any atom is -0.120 e. The van der Waals surface area contributed by atoms with E-state index in [1.54, 1.807) is 0 Å². The van der Waals surface area contributed by atoms with Gasteiger partial charge in [0.25, 0.3) is 0 Å². The van der Waals surface area contributed by atoms with Crippen LogP contribution in [0.2, 0.25) is 0 Å². The molecule has 0 amide bonds. The van der Waals surface area contributed by atoms with Crippen LogP contribution in [0.3, 0.4) is 0 Å². The van der Waals surface area contributed by atoms with E-state index in [1.165, 1.54) is 0 Å². The second kappa shape index (κ2) is 4.35. The van der Waals surface area contributed by atoms with Gasteiger partial charge in [0.15, 0.2) is 0 Å². The van der Waals surface area contributed by atoms with Crippen molar-refractivity contribution in [3.8, 4) is 0 Å². The number of hydrogen-bond donors (Lipinski definition) is 0. The average Bonchev–Trinajstić information content (AvgIpc) is 1.53. The zero-order chi connectivity index (χ0) is 9.07. The Morgan fingerprint density at radius 2 is 1.27 bits per heavy atom. The summed E-state index contributed by atoms with van der Waals surface area (Å²) in [4.78, 5) is 0.0162. The lowest BCUT2D eigenvalue weighted by Crippen LogP contribution is -2.21. The molecule has 0 heterocycles. The lowest BCUT2D eigenvalue weighted by atomic mass is 9.90. The third-order valence-electron chi connectivity index (χ3n) is 1.67. The van der Waals surface area contributed by atoms with Gasteiger partial charge in [-0.05, 0) is 31.6 Å². The van der Waals surface area contributed by atoms with Gasteiger partial charge in [-0.3, -0.25) is 0 Å². The molecule has 0 aromatic rings. The van der Waals surface area contributed by atoms with E-state index in [2.05, 4.69) is 34.6 Å². The smallest absolute Gasteiger partial charge is 0.0423 e. The van der Waals surface area contributed by atoms with Crippen molar-refractivity contribution in [1.29, 1.82) is 0 Å². The lowest BCUT2D eigenvalue weighted by Gasteiger charge is -2.25. The molecule has 0 aliphatic rings. The van der Waals surface area contributed by atoms with E-state index in [-0.39, 0.29) is 4.87 Å². The first-order chi connectivity index (χ1) is 4.83. The van der Waals surface area contributed by atoms with Gasteiger partial charge in [-0.1, -0.05) is 27.7 Å². The van der Waals surface area contributed by atoms with Crippen LogP contribution in [0.5, 0.6) is 0 Å². The summed E-state index contributed by atoms with van der Waals surface area (Å²) in [6.07, 6.45) is 2.24. The van der Waals surface area contributed by atoms with Gasteiger partial charge in [0.2, 0.25) is 0 Å². The normalized spacial score (nSPS) is 13.1. The molecule has 0 bridgehead atoms. The van der Waals surface area contributed by atoms with Crippen molar-refractivity contribution in [2.45, 2.75) is 52.3 Å². The first-order valence-corrected chi connectivity index (χ1v) is 4.90. The first kappa shape index (κ1) is 11.3. The minimum atomic E-state index is 0.0162. The highest BCUT2D eigenvalue weighted by Crippen LogP contribution is 2.30. The molecule has 68 valence electrons. The van der Waals surface area contributed by atoms with Crippen LogP contribution in [-0.4, -0.2) is 4.87 Å². The van der Waals surface area contributed by atoms with Crippen molar-refractivity contribution in [3.63, 3.8) is 0 Å². The number of hydrogen-bond acceptors (Lipinski definition) is 0. The fourth-order valence-electron chi connectivity index (χ4n) is 1.79. The van der Waals surface area contributed by atoms with E-state index in [4.69, 9.17) is 11.6 Å². The molecule has 11 heavy (non-hydrogen) atoms. The van der Waals surface area contributed by atoms with Crippen LogP contribution in [0.4, 0.5) is 0 Å². The summed E-state index contributed by atoms with van der Waals surface area (Å²) in [5.41, 5.74) is 0. The predicted octanol–water partition coefficient (Wildman–Crippen LogP) is 4.08. The zero-order valence-corrected chi connectivity index (χ0v) is 9.20. The van der Waals surface area contributed by atoms with E-state index in [9.17, 15) is 0 Å². The Kier molecular flexibility index (Phi) is 4.46. The summed E-state index contributed by atoms with van der Waals surface area (Å²) in [5.74, 6) is 1.41. The predicted molar refractivity (Wildman–Crippen MR) is 53.2 cm³/mol. The maximum Gasteiger partial charge on any atom is 0.0423 e. The van der Waals surface area contributed by atoms with E-state index >= 15 is 0 Å². The Morgan fingerprint density at radius 1 is 1.00 bits per heavy atom. The highest BCUT2D eigenvalue weighted by molar-refractivity contribution is 6.23. The molecule has 0 fully saturated rings. The fourth-order valence-corrected chi connectivity index (χ4v) is 2.40. The van der Waals surface area contributed by atoms with Crippen LogP contribution >= 0.6 is 11.6 Å². The van der Waals surface area contributed by atoms with Crippen molar-refractivity contribution in [3.05, 3.63) is 0 Å². The molecule has 0 saturated heterocycles. The van der Waals surface area contributed by atoms with Gasteiger partial charge in [0.1, 0.15) is 0 Å². The second-order valence-electron chi connectivity index (χ2n) is 4.61. The Labute approximate surface area is 76.3 Å². The maximum atomic E-state index is 6.33. The molecule has 0 saturated carbocycles. The van der Waals surface area contributed by atoms with Crippen LogP contribution in [0.1, 0.15) is 47.5 Å². The summed E-state index contributed by atoms with van der Waals surface area (Å²) in [6.45, 7) is 11.0. The molecule has 0 aromatic carbocycles. The Morgan fingerprint density at radius 3 is 1.45 bits per heavy atom. The molecule has 0 aliphatic heterocycles. The van der Waals surface area contributed by atoms with Gasteiger partial charge in [-0.15, -0.1) is 11.6 Å². The van der Waals surface area contributed by atoms with Gasteiger partial charge < -0.3 is 0 Å². The molecule has 0 atom stereocenters. The molecular formula is C10H21Cl. The molecule has 1 heteroatoms. The molecular weight excluding hydrogens is 156 g/mol. The van der Waals surface area contributed by atoms with Gasteiger partial charge >= 0.3 is 0 Å². The van der Waals surface area contributed by atoms with Gasteiger partial charge in [0, 0.05) is 4.87 Å². The van der Waals surface area contributed by atoms with Crippen LogP contribution in [0.15, 0.2) is 0 Å². The van der Waals surface area contributed by atoms with Crippen LogP contribution in [0, 0.1) is 11.8 Å². The van der Waals surface area contributed by atoms with Crippen LogP contribution in [0.25, 0.3) is 0 Å². The maximum absolute atomic E-state index is 6.33. The third kappa shape index (κ3) is 6.68. The standard InChI is InChI=1S/C10H21Cl/c1-8(2)6-10(5,11)7-9(3)4/h8-9H,6-7H2,1-5H3. The van der Waals surface area contributed by atoms with Crippen molar-refractivity contribution >= 4 is 11.6 Å². The lowest BCUT2D eigenvalue weighted by molar-refractivity contribution is 0.396. The summed E-state index contributed by atoms with van der Waals surface area (Å²) < 4.78 is 0. The number of rotatable bonds is 4. The second-order valence-corrected chi connectivity index (χ2v) is 5.52. The molecule has 0 rings (SSSR count). The Bertz CT molecular complexity index is 91.4. The molecule has 0 N–H and O–H groups in total. The monoisotopic (exact) mass is 176 g/mol. The van der Waals surface area contributed by atoms with E-state index in [0.717, 1.165) is 12.8 Å². The summed E-state index contributed by atoms with van der Waals surface area (Å²) in [7, 11) is 0. The molecule has 0 nitrogen and oxygen atoms in total. The Balaban J connectivity index is 3.79. The van der Waals surface area contributed by atoms with Gasteiger partial charge in [-0.2, -0.15) is 0 Å². The third-order valence-corrected chi connectivity index (χ3v) is 1.98. The van der Waals surface area contributed by atoms with Crippen molar-refractivity contribution in [1.82, 2.24) is 0 Å². The van der Waals surface area contributed by atoms with Crippen molar-refractivity contribution in [2.24, 2.45) is 11.8 Å². The van der Waals surface area contributed by atoms with Crippen LogP contribution in [-0.2, 0) is 0 Å². The molecule has 0 radical (unpaired) electrons. The molecule has 0 spiro atoms. The van der Waals surface area contributed by atoms with Gasteiger partial charge in [-0.25, -0.2) is 0 Å². The van der Waals surface area contributed by atoms with E-state index < -0.39 is 0 Å². The fraction of sp³-hybridized carbons (Fsp3) is 1.00. The summed E-state index contributed by atoms with van der Waals surface area (Å²) in [5, 5.41) is 0. The highest BCUT2D eigenvalue weighted by Gasteiger charge is 2.22. The quantitative estimate of drug-likeness (QED) is 0.567. The Hall–Kier alpha value is 0.290. The largest absolute Gasteiger partial charge is 0.120 e. The number of halogens is 1. The van der Waals surface area contributed by atoms with Gasteiger partial charge in [0.05, 0.1) is 0 Å². The number of alkyl halides is 1. The minimum absolute atomic E-state index is 0.0162. The molecule has 0 aliphatic carbocycles. The average molecular weight is 177 g/mol. The topological polar surface area (TPSA) is 0 Å². The van der Waals surface area contributed by atoms with Crippen molar-refractivity contribution < 1.29 is 0 Å². The molecule has 0 aromatic heterocycles. The van der Waals surface area contributed by atoms with E-state index in [0.29, 0.717) is 11.8 Å². The van der Waals surface area contributed by atoms with E-state index in [1.807, 2.05) is 0 Å². The highest BCUT2D eigenvalue weighted by atomic mass is 35.5. The summed E-state index contributed by atoms with van der Waals surface area (Å²) in [6, 6.07) is 0. The first-order valence-electron chi connectivity index (χ1n) is 4.52. The zero-order valence-electron chi connectivity index (χ0n) is 8.45. The SMILES string of the molecule is CC(C)CC(C)(Cl)CC(C)C. The van der Waals surface area contributed by atoms with Crippen LogP contribution < -0.4 is 0 Å². The molecule has 0 unspecified atom stereocenters. The van der Waals surface area contributed by atoms with Crippen molar-refractivity contribution in [2.75, 3.05) is 0 Å². The summed E-state index contributed by atoms with van der Waals surface area (Å²) >= 11 is 6.33.